The Bertz CT molecular complexity index is 555. The maximum Gasteiger partial charge on any atom is 1.00 e. The molecule has 0 aliphatic heterocycles. The zero-order valence-corrected chi connectivity index (χ0v) is 18.5. The summed E-state index contributed by atoms with van der Waals surface area (Å²) >= 11 is 0. The number of hydrogen-bond donors (Lipinski definition) is 2. The zero-order chi connectivity index (χ0) is 14.9. The summed E-state index contributed by atoms with van der Waals surface area (Å²) in [5, 5.41) is 1.24. The number of aromatic amines is 1. The van der Waals surface area contributed by atoms with E-state index in [2.05, 4.69) is 30.2 Å². The fourth-order valence-electron chi connectivity index (χ4n) is 2.68. The molecule has 2 aromatic rings. The second-order valence-corrected chi connectivity index (χ2v) is 5.68. The van der Waals surface area contributed by atoms with Crippen LogP contribution < -0.4 is 61.9 Å². The van der Waals surface area contributed by atoms with Crippen LogP contribution in [0.5, 0.6) is 5.75 Å². The van der Waals surface area contributed by atoms with Gasteiger partial charge in [-0.25, -0.2) is 0 Å². The van der Waals surface area contributed by atoms with Gasteiger partial charge in [0, 0.05) is 17.1 Å². The van der Waals surface area contributed by atoms with Crippen molar-refractivity contribution < 1.29 is 59.0 Å². The van der Waals surface area contributed by atoms with E-state index in [-0.39, 0.29) is 66.6 Å². The van der Waals surface area contributed by atoms with Gasteiger partial charge in [-0.3, -0.25) is 0 Å². The number of fused-ring (bicyclic) bond motifs is 1. The molecule has 1 aromatic heterocycles. The van der Waals surface area contributed by atoms with Gasteiger partial charge in [-0.2, -0.15) is 0 Å². The molecule has 0 spiro atoms. The normalized spacial score (nSPS) is 10.2. The molecule has 3 nitrogen and oxygen atoms in total. The largest absolute Gasteiger partial charge is 1.00 e. The number of halogens is 1. The first-order valence-electron chi connectivity index (χ1n) is 8.28. The summed E-state index contributed by atoms with van der Waals surface area (Å²) < 4.78 is 5.88. The summed E-state index contributed by atoms with van der Waals surface area (Å²) in [6, 6.07) is 6.27. The molecule has 0 aliphatic carbocycles. The molecule has 5 heteroatoms. The minimum absolute atomic E-state index is 0. The van der Waals surface area contributed by atoms with Crippen LogP contribution in [-0.4, -0.2) is 18.1 Å². The van der Waals surface area contributed by atoms with Gasteiger partial charge in [0.15, 0.2) is 0 Å². The molecule has 0 atom stereocenters. The second kappa shape index (κ2) is 13.7. The van der Waals surface area contributed by atoms with Crippen LogP contribution in [0.4, 0.5) is 0 Å². The van der Waals surface area contributed by atoms with E-state index in [4.69, 9.17) is 10.5 Å². The predicted octanol–water partition coefficient (Wildman–Crippen LogP) is 2.06. The second-order valence-electron chi connectivity index (χ2n) is 5.68. The van der Waals surface area contributed by atoms with Crippen molar-refractivity contribution in [1.82, 2.24) is 4.98 Å². The fraction of sp³-hybridized carbons (Fsp3) is 0.556. The van der Waals surface area contributed by atoms with Gasteiger partial charge in [-0.05, 0) is 43.1 Å². The number of nitrogens with two attached hydrogens (primary N) is 1. The van der Waals surface area contributed by atoms with E-state index in [0.29, 0.717) is 6.54 Å². The summed E-state index contributed by atoms with van der Waals surface area (Å²) in [5.74, 6) is 0.967. The first-order chi connectivity index (χ1) is 10.3. The van der Waals surface area contributed by atoms with Gasteiger partial charge in [0.05, 0.1) is 6.61 Å². The van der Waals surface area contributed by atoms with Gasteiger partial charge in [0.2, 0.25) is 0 Å². The average molecular weight is 368 g/mol. The zero-order valence-electron chi connectivity index (χ0n) is 16.6. The molecule has 3 N–H and O–H groups in total. The standard InChI is InChI=1S/C18H28N2O.ClH.K.2H/c1-2-3-4-5-6-7-12-21-16-8-9-18-17(13-16)15(10-11-19)14-20-18;;;;/h8-9,13-14,20H,2-7,10-12,19H2,1H3;1H;;;/q;;+1;2*-1/i;;;2*1+1. The Morgan fingerprint density at radius 3 is 2.61 bits per heavy atom. The third kappa shape index (κ3) is 7.91. The van der Waals surface area contributed by atoms with E-state index >= 15 is 0 Å². The van der Waals surface area contributed by atoms with E-state index < -0.39 is 0 Å². The number of unbranched alkanes of at least 4 members (excludes halogenated alkanes) is 5. The van der Waals surface area contributed by atoms with Gasteiger partial charge >= 0.3 is 51.4 Å². The Morgan fingerprint density at radius 2 is 1.87 bits per heavy atom. The van der Waals surface area contributed by atoms with Crippen LogP contribution in [-0.2, 0) is 6.42 Å². The van der Waals surface area contributed by atoms with Crippen LogP contribution in [0.1, 0.15) is 53.9 Å². The molecule has 23 heavy (non-hydrogen) atoms. The number of aromatic nitrogens is 1. The summed E-state index contributed by atoms with van der Waals surface area (Å²) in [6.07, 6.45) is 10.7. The van der Waals surface area contributed by atoms with Crippen molar-refractivity contribution in [1.29, 1.82) is 0 Å². The van der Waals surface area contributed by atoms with Crippen molar-refractivity contribution >= 4 is 23.3 Å². The molecule has 0 radical (unpaired) electrons. The minimum Gasteiger partial charge on any atom is -1.00 e. The van der Waals surface area contributed by atoms with E-state index in [1.54, 1.807) is 0 Å². The summed E-state index contributed by atoms with van der Waals surface area (Å²) in [4.78, 5) is 3.29. The van der Waals surface area contributed by atoms with Crippen molar-refractivity contribution in [2.45, 2.75) is 51.9 Å². The van der Waals surface area contributed by atoms with Crippen LogP contribution in [0.25, 0.3) is 10.9 Å². The maximum atomic E-state index is 5.88. The van der Waals surface area contributed by atoms with Crippen molar-refractivity contribution in [2.75, 3.05) is 13.2 Å². The Kier molecular flexibility index (Phi) is 14.0. The summed E-state index contributed by atoms with van der Waals surface area (Å²) in [7, 11) is 0. The molecular weight excluding hydrogens is 335 g/mol. The molecule has 128 valence electrons. The quantitative estimate of drug-likeness (QED) is 0.499. The number of nitrogens with one attached hydrogen (secondary N) is 1. The monoisotopic (exact) mass is 367 g/mol. The van der Waals surface area contributed by atoms with Crippen LogP contribution in [0, 0.1) is 0 Å². The van der Waals surface area contributed by atoms with Crippen LogP contribution in [0.2, 0.25) is 0 Å². The van der Waals surface area contributed by atoms with Gasteiger partial charge in [0.1, 0.15) is 5.75 Å². The van der Waals surface area contributed by atoms with E-state index in [1.807, 2.05) is 6.07 Å². The van der Waals surface area contributed by atoms with Gasteiger partial charge in [0.25, 0.3) is 0 Å². The molecule has 0 unspecified atom stereocenters. The molecular formula is C18H31ClKN2O-. The molecule has 0 amide bonds. The first kappa shape index (κ1) is 23.4. The first-order valence-corrected chi connectivity index (χ1v) is 8.28. The molecule has 1 aromatic carbocycles. The summed E-state index contributed by atoms with van der Waals surface area (Å²) in [5.41, 5.74) is 8.09. The van der Waals surface area contributed by atoms with E-state index in [0.717, 1.165) is 30.7 Å². The maximum absolute atomic E-state index is 5.88. The van der Waals surface area contributed by atoms with Crippen LogP contribution >= 0.6 is 12.4 Å². The third-order valence-electron chi connectivity index (χ3n) is 3.92. The molecule has 0 saturated carbocycles. The minimum atomic E-state index is 0. The molecule has 0 fully saturated rings. The smallest absolute Gasteiger partial charge is 1.00 e. The van der Waals surface area contributed by atoms with Crippen molar-refractivity contribution in [3.63, 3.8) is 0 Å². The van der Waals surface area contributed by atoms with Crippen molar-refractivity contribution in [3.8, 4) is 5.75 Å². The Hall–Kier alpha value is 0.446. The molecule has 1 heterocycles. The Morgan fingerprint density at radius 1 is 1.13 bits per heavy atom. The molecule has 0 bridgehead atoms. The SMILES string of the molecule is CCCCCCCCOc1ccc2[nH]cc(CCN)c2c1.Cl.[2H-].[2H-].[K+]. The molecule has 2 rings (SSSR count). The topological polar surface area (TPSA) is 51.0 Å². The fourth-order valence-corrected chi connectivity index (χ4v) is 2.68. The number of hydrogen-bond acceptors (Lipinski definition) is 2. The van der Waals surface area contributed by atoms with E-state index in [9.17, 15) is 0 Å². The Balaban J connectivity index is -0.00000121. The predicted molar refractivity (Wildman–Crippen MR) is 99.4 cm³/mol. The van der Waals surface area contributed by atoms with E-state index in [1.165, 1.54) is 43.1 Å². The third-order valence-corrected chi connectivity index (χ3v) is 3.92. The van der Waals surface area contributed by atoms with Gasteiger partial charge in [-0.1, -0.05) is 39.0 Å². The van der Waals surface area contributed by atoms with Gasteiger partial charge in [-0.15, -0.1) is 12.4 Å². The number of H-pyrrole nitrogens is 1. The average Bonchev–Trinajstić information content (AvgIpc) is 2.89. The number of ether oxygens (including phenoxy) is 1. The summed E-state index contributed by atoms with van der Waals surface area (Å²) in [6.45, 7) is 3.74. The number of benzene rings is 1. The van der Waals surface area contributed by atoms with Crippen LogP contribution in [0.3, 0.4) is 0 Å². The molecule has 0 aliphatic rings. The van der Waals surface area contributed by atoms with Crippen molar-refractivity contribution in [2.24, 2.45) is 5.73 Å². The van der Waals surface area contributed by atoms with Crippen molar-refractivity contribution in [3.05, 3.63) is 30.0 Å². The van der Waals surface area contributed by atoms with Gasteiger partial charge < -0.3 is 18.3 Å². The molecule has 0 saturated heterocycles. The Labute approximate surface area is 191 Å². The van der Waals surface area contributed by atoms with Crippen LogP contribution in [0.15, 0.2) is 24.4 Å². The number of rotatable bonds is 10.